The van der Waals surface area contributed by atoms with Crippen LogP contribution >= 0.6 is 11.3 Å². The number of aromatic nitrogens is 1. The number of rotatable bonds is 5. The van der Waals surface area contributed by atoms with E-state index >= 15 is 0 Å². The van der Waals surface area contributed by atoms with Crippen molar-refractivity contribution >= 4 is 17.2 Å². The highest BCUT2D eigenvalue weighted by Gasteiger charge is 2.50. The Hall–Kier alpha value is -0.940. The van der Waals surface area contributed by atoms with Crippen LogP contribution in [0.15, 0.2) is 5.51 Å². The van der Waals surface area contributed by atoms with Gasteiger partial charge in [0.15, 0.2) is 0 Å². The molecule has 2 heterocycles. The molecule has 3 fully saturated rings. The van der Waals surface area contributed by atoms with E-state index in [1.165, 1.54) is 42.7 Å². The fraction of sp³-hybridized carbons (Fsp3) is 0.778. The fourth-order valence-corrected chi connectivity index (χ4v) is 5.35. The van der Waals surface area contributed by atoms with E-state index in [0.717, 1.165) is 38.5 Å². The van der Waals surface area contributed by atoms with Crippen molar-refractivity contribution < 1.29 is 4.79 Å². The third kappa shape index (κ3) is 3.18. The number of likely N-dealkylation sites (tertiary alicyclic amines) is 1. The topological polar surface area (TPSA) is 45.2 Å². The molecule has 0 unspecified atom stereocenters. The molecule has 0 bridgehead atoms. The van der Waals surface area contributed by atoms with Gasteiger partial charge in [0, 0.05) is 30.4 Å². The van der Waals surface area contributed by atoms with Crippen LogP contribution in [0, 0.1) is 24.2 Å². The molecule has 1 aromatic rings. The zero-order valence-corrected chi connectivity index (χ0v) is 14.8. The van der Waals surface area contributed by atoms with Crippen LogP contribution in [0.1, 0.15) is 49.1 Å². The van der Waals surface area contributed by atoms with Crippen molar-refractivity contribution in [3.63, 3.8) is 0 Å². The molecule has 0 aromatic carbocycles. The minimum atomic E-state index is 0.242. The van der Waals surface area contributed by atoms with Gasteiger partial charge < -0.3 is 5.32 Å². The van der Waals surface area contributed by atoms with Gasteiger partial charge in [0.25, 0.3) is 0 Å². The van der Waals surface area contributed by atoms with Crippen molar-refractivity contribution in [3.05, 3.63) is 16.1 Å². The fourth-order valence-electron chi connectivity index (χ4n) is 4.53. The van der Waals surface area contributed by atoms with Gasteiger partial charge in [-0.25, -0.2) is 4.98 Å². The molecule has 1 saturated heterocycles. The van der Waals surface area contributed by atoms with Crippen LogP contribution in [0.4, 0.5) is 0 Å². The SMILES string of the molecule is Cc1ncsc1CN1CC[C@]2(CCC[C@@H]2C(=O)NCC2CC2)C1. The lowest BCUT2D eigenvalue weighted by atomic mass is 9.76. The van der Waals surface area contributed by atoms with Crippen LogP contribution in [-0.2, 0) is 11.3 Å². The van der Waals surface area contributed by atoms with Crippen molar-refractivity contribution in [2.45, 2.75) is 52.0 Å². The predicted octanol–water partition coefficient (Wildman–Crippen LogP) is 2.97. The van der Waals surface area contributed by atoms with E-state index in [9.17, 15) is 4.79 Å². The number of amides is 1. The quantitative estimate of drug-likeness (QED) is 0.901. The molecule has 3 aliphatic rings. The van der Waals surface area contributed by atoms with Crippen molar-refractivity contribution in [1.29, 1.82) is 0 Å². The molecule has 1 spiro atoms. The van der Waals surface area contributed by atoms with Crippen LogP contribution in [0.3, 0.4) is 0 Å². The molecule has 23 heavy (non-hydrogen) atoms. The smallest absolute Gasteiger partial charge is 0.223 e. The molecule has 0 radical (unpaired) electrons. The lowest BCUT2D eigenvalue weighted by Crippen LogP contribution is -2.41. The van der Waals surface area contributed by atoms with Gasteiger partial charge in [-0.05, 0) is 56.9 Å². The second-order valence-corrected chi connectivity index (χ2v) is 8.76. The lowest BCUT2D eigenvalue weighted by molar-refractivity contribution is -0.128. The molecule has 2 aliphatic carbocycles. The van der Waals surface area contributed by atoms with Crippen LogP contribution in [0.2, 0.25) is 0 Å². The number of carbonyl (C=O) groups excluding carboxylic acids is 1. The van der Waals surface area contributed by atoms with Crippen LogP contribution < -0.4 is 5.32 Å². The molecule has 2 atom stereocenters. The number of hydrogen-bond acceptors (Lipinski definition) is 4. The molecule has 5 heteroatoms. The van der Waals surface area contributed by atoms with Gasteiger partial charge in [-0.15, -0.1) is 11.3 Å². The van der Waals surface area contributed by atoms with Crippen molar-refractivity contribution in [2.75, 3.05) is 19.6 Å². The maximum atomic E-state index is 12.7. The van der Waals surface area contributed by atoms with Crippen LogP contribution in [-0.4, -0.2) is 35.4 Å². The van der Waals surface area contributed by atoms with Crippen LogP contribution in [0.5, 0.6) is 0 Å². The number of nitrogens with one attached hydrogen (secondary N) is 1. The Balaban J connectivity index is 1.39. The standard InChI is InChI=1S/C18H27N3OS/c1-13-16(23-12-20-13)10-21-8-7-18(11-21)6-2-3-15(18)17(22)19-9-14-4-5-14/h12,14-15H,2-11H2,1H3,(H,19,22)/t15-,18-/m1/s1. The molecule has 1 aliphatic heterocycles. The Morgan fingerprint density at radius 3 is 3.04 bits per heavy atom. The zero-order chi connectivity index (χ0) is 15.9. The van der Waals surface area contributed by atoms with Gasteiger partial charge in [0.1, 0.15) is 0 Å². The Kier molecular flexibility index (Phi) is 4.18. The summed E-state index contributed by atoms with van der Waals surface area (Å²) in [5, 5.41) is 3.24. The number of carbonyl (C=O) groups is 1. The van der Waals surface area contributed by atoms with Gasteiger partial charge in [-0.2, -0.15) is 0 Å². The second-order valence-electron chi connectivity index (χ2n) is 7.82. The first-order chi connectivity index (χ1) is 11.2. The Labute approximate surface area is 142 Å². The summed E-state index contributed by atoms with van der Waals surface area (Å²) in [5.41, 5.74) is 3.35. The average molecular weight is 334 g/mol. The Morgan fingerprint density at radius 1 is 1.43 bits per heavy atom. The summed E-state index contributed by atoms with van der Waals surface area (Å²) in [5.74, 6) is 1.35. The number of nitrogens with zero attached hydrogens (tertiary/aromatic N) is 2. The van der Waals surface area contributed by atoms with E-state index in [2.05, 4.69) is 22.1 Å². The largest absolute Gasteiger partial charge is 0.356 e. The third-order valence-electron chi connectivity index (χ3n) is 6.16. The van der Waals surface area contributed by atoms with Crippen molar-refractivity contribution in [1.82, 2.24) is 15.2 Å². The van der Waals surface area contributed by atoms with Gasteiger partial charge in [0.05, 0.1) is 11.2 Å². The van der Waals surface area contributed by atoms with Gasteiger partial charge in [-0.1, -0.05) is 6.42 Å². The maximum absolute atomic E-state index is 12.7. The molecule has 1 N–H and O–H groups in total. The monoisotopic (exact) mass is 333 g/mol. The highest BCUT2D eigenvalue weighted by atomic mass is 32.1. The molecular weight excluding hydrogens is 306 g/mol. The Bertz CT molecular complexity index is 583. The summed E-state index contributed by atoms with van der Waals surface area (Å²) < 4.78 is 0. The third-order valence-corrected chi connectivity index (χ3v) is 7.08. The van der Waals surface area contributed by atoms with Gasteiger partial charge in [-0.3, -0.25) is 9.69 Å². The number of hydrogen-bond donors (Lipinski definition) is 1. The normalized spacial score (nSPS) is 31.1. The van der Waals surface area contributed by atoms with Gasteiger partial charge in [0.2, 0.25) is 5.91 Å². The van der Waals surface area contributed by atoms with Crippen molar-refractivity contribution in [3.8, 4) is 0 Å². The first kappa shape index (κ1) is 15.6. The van der Waals surface area contributed by atoms with E-state index in [1.807, 2.05) is 5.51 Å². The van der Waals surface area contributed by atoms with Gasteiger partial charge >= 0.3 is 0 Å². The maximum Gasteiger partial charge on any atom is 0.223 e. The molecule has 4 nitrogen and oxygen atoms in total. The first-order valence-corrected chi connectivity index (χ1v) is 9.93. The number of thiazole rings is 1. The summed E-state index contributed by atoms with van der Waals surface area (Å²) >= 11 is 1.76. The van der Waals surface area contributed by atoms with E-state index in [4.69, 9.17) is 0 Å². The van der Waals surface area contributed by atoms with Crippen molar-refractivity contribution in [2.24, 2.45) is 17.3 Å². The molecule has 126 valence electrons. The second kappa shape index (κ2) is 6.17. The average Bonchev–Trinajstić information content (AvgIpc) is 2.94. The molecule has 2 saturated carbocycles. The molecule has 1 aromatic heterocycles. The summed E-state index contributed by atoms with van der Waals surface area (Å²) in [6, 6.07) is 0. The van der Waals surface area contributed by atoms with Crippen LogP contribution in [0.25, 0.3) is 0 Å². The van der Waals surface area contributed by atoms with E-state index < -0.39 is 0 Å². The summed E-state index contributed by atoms with van der Waals surface area (Å²) in [6.07, 6.45) is 7.33. The first-order valence-electron chi connectivity index (χ1n) is 9.05. The highest BCUT2D eigenvalue weighted by molar-refractivity contribution is 7.09. The number of aryl methyl sites for hydroxylation is 1. The predicted molar refractivity (Wildman–Crippen MR) is 92.3 cm³/mol. The van der Waals surface area contributed by atoms with E-state index in [0.29, 0.717) is 5.91 Å². The molecule has 4 rings (SSSR count). The minimum Gasteiger partial charge on any atom is -0.356 e. The molecular formula is C18H27N3OS. The zero-order valence-electron chi connectivity index (χ0n) is 14.0. The molecule has 1 amide bonds. The summed E-state index contributed by atoms with van der Waals surface area (Å²) in [4.78, 5) is 21.0. The highest BCUT2D eigenvalue weighted by Crippen LogP contribution is 2.50. The Morgan fingerprint density at radius 2 is 2.30 bits per heavy atom. The van der Waals surface area contributed by atoms with E-state index in [-0.39, 0.29) is 11.3 Å². The van der Waals surface area contributed by atoms with E-state index in [1.54, 1.807) is 11.3 Å². The summed E-state index contributed by atoms with van der Waals surface area (Å²) in [6.45, 7) is 6.24. The summed E-state index contributed by atoms with van der Waals surface area (Å²) in [7, 11) is 0. The lowest BCUT2D eigenvalue weighted by Gasteiger charge is -2.30. The minimum absolute atomic E-state index is 0.242.